The van der Waals surface area contributed by atoms with E-state index >= 15 is 0 Å². The first-order chi connectivity index (χ1) is 3.62. The van der Waals surface area contributed by atoms with Gasteiger partial charge in [-0.3, -0.25) is 0 Å². The first-order valence-corrected chi connectivity index (χ1v) is 5.40. The lowest BCUT2D eigenvalue weighted by molar-refractivity contribution is 0.569. The predicted octanol–water partition coefficient (Wildman–Crippen LogP) is 0.794. The van der Waals surface area contributed by atoms with Crippen LogP contribution in [0.2, 0.25) is 13.1 Å². The van der Waals surface area contributed by atoms with Gasteiger partial charge in [0, 0.05) is 5.70 Å². The minimum absolute atomic E-state index is 1.47. The van der Waals surface area contributed by atoms with Crippen LogP contribution in [0.3, 0.4) is 0 Å². The second kappa shape index (κ2) is 2.51. The van der Waals surface area contributed by atoms with Crippen molar-refractivity contribution in [3.63, 3.8) is 0 Å². The normalized spacial score (nSPS) is 9.12. The van der Waals surface area contributed by atoms with E-state index in [4.69, 9.17) is 6.42 Å². The molecule has 2 heteroatoms. The number of carbonyl (C=O) groups excluding carboxylic acids is 1. The maximum atomic E-state index is 9.74. The molecule has 0 fully saturated rings. The van der Waals surface area contributed by atoms with Crippen molar-refractivity contribution in [3.8, 4) is 12.0 Å². The van der Waals surface area contributed by atoms with Gasteiger partial charge in [-0.05, 0) is 0 Å². The lowest BCUT2D eigenvalue weighted by atomic mass is 11.2. The van der Waals surface area contributed by atoms with Crippen LogP contribution in [-0.4, -0.2) is 14.0 Å². The summed E-state index contributed by atoms with van der Waals surface area (Å²) < 4.78 is 0. The third-order valence-electron chi connectivity index (χ3n) is 0.792. The van der Waals surface area contributed by atoms with E-state index in [9.17, 15) is 4.79 Å². The highest BCUT2D eigenvalue weighted by molar-refractivity contribution is 6.90. The van der Waals surface area contributed by atoms with Gasteiger partial charge in [0.2, 0.25) is 0 Å². The number of hydrogen-bond acceptors (Lipinski definition) is 1. The zero-order valence-electron chi connectivity index (χ0n) is 5.06. The van der Waals surface area contributed by atoms with Crippen molar-refractivity contribution in [3.05, 3.63) is 5.70 Å². The van der Waals surface area contributed by atoms with E-state index in [0.29, 0.717) is 0 Å². The van der Waals surface area contributed by atoms with Gasteiger partial charge in [-0.15, -0.1) is 12.0 Å². The van der Waals surface area contributed by atoms with Crippen LogP contribution in [0.1, 0.15) is 0 Å². The molecule has 0 radical (unpaired) electrons. The van der Waals surface area contributed by atoms with Crippen LogP contribution in [0.5, 0.6) is 0 Å². The Morgan fingerprint density at radius 1 is 1.62 bits per heavy atom. The monoisotopic (exact) mass is 124 g/mol. The van der Waals surface area contributed by atoms with Crippen LogP contribution in [0.25, 0.3) is 0 Å². The van der Waals surface area contributed by atoms with E-state index in [1.807, 2.05) is 13.1 Å². The summed E-state index contributed by atoms with van der Waals surface area (Å²) >= 11 is 0. The maximum Gasteiger partial charge on any atom is 0.166 e. The smallest absolute Gasteiger partial charge is 0.166 e. The highest BCUT2D eigenvalue weighted by atomic mass is 28.3. The molecular formula is C6H8OSi. The van der Waals surface area contributed by atoms with E-state index in [1.54, 1.807) is 5.94 Å². The summed E-state index contributed by atoms with van der Waals surface area (Å²) in [6, 6.07) is 0. The van der Waals surface area contributed by atoms with E-state index in [-0.39, 0.29) is 0 Å². The number of terminal acetylenes is 1. The van der Waals surface area contributed by atoms with Gasteiger partial charge in [0.1, 0.15) is 5.94 Å². The third kappa shape index (κ3) is 2.41. The van der Waals surface area contributed by atoms with E-state index in [1.165, 1.54) is 5.70 Å². The molecule has 0 saturated heterocycles. The minimum Gasteiger partial charge on any atom is -0.234 e. The molecule has 0 amide bonds. The molecule has 0 heterocycles. The van der Waals surface area contributed by atoms with E-state index in [0.717, 1.165) is 0 Å². The third-order valence-corrected chi connectivity index (χ3v) is 2.38. The summed E-state index contributed by atoms with van der Waals surface area (Å²) in [6.45, 7) is 3.83. The molecule has 0 atom stereocenters. The molecule has 0 spiro atoms. The predicted molar refractivity (Wildman–Crippen MR) is 36.6 cm³/mol. The molecule has 0 saturated carbocycles. The molecule has 0 aliphatic heterocycles. The van der Waals surface area contributed by atoms with Crippen molar-refractivity contribution >= 4 is 14.0 Å². The van der Waals surface area contributed by atoms with Gasteiger partial charge in [-0.1, -0.05) is 13.1 Å². The van der Waals surface area contributed by atoms with Crippen molar-refractivity contribution in [2.24, 2.45) is 0 Å². The molecule has 0 aromatic heterocycles. The summed E-state index contributed by atoms with van der Waals surface area (Å²) in [7, 11) is -1.70. The number of hydrogen-bond donors (Lipinski definition) is 0. The lowest BCUT2D eigenvalue weighted by Crippen LogP contribution is -2.19. The summed E-state index contributed by atoms with van der Waals surface area (Å²) in [5.41, 5.74) is 4.03. The fourth-order valence-electron chi connectivity index (χ4n) is 0.189. The largest absolute Gasteiger partial charge is 0.234 e. The van der Waals surface area contributed by atoms with Gasteiger partial charge < -0.3 is 0 Å². The molecule has 0 unspecified atom stereocenters. The molecule has 0 aromatic rings. The molecular weight excluding hydrogens is 116 g/mol. The Morgan fingerprint density at radius 2 is 2.12 bits per heavy atom. The molecule has 1 nitrogen and oxygen atoms in total. The quantitative estimate of drug-likeness (QED) is 0.287. The van der Waals surface area contributed by atoms with Crippen molar-refractivity contribution in [2.75, 3.05) is 0 Å². The van der Waals surface area contributed by atoms with Gasteiger partial charge in [-0.25, -0.2) is 4.79 Å². The molecule has 8 heavy (non-hydrogen) atoms. The number of rotatable bonds is 1. The van der Waals surface area contributed by atoms with Crippen LogP contribution in [0.15, 0.2) is 5.70 Å². The zero-order valence-corrected chi connectivity index (χ0v) is 6.06. The highest BCUT2D eigenvalue weighted by Crippen LogP contribution is 1.97. The Hall–Kier alpha value is -0.773. The van der Waals surface area contributed by atoms with Crippen molar-refractivity contribution in [1.29, 1.82) is 0 Å². The van der Waals surface area contributed by atoms with Crippen molar-refractivity contribution in [1.82, 2.24) is 0 Å². The molecule has 0 aromatic carbocycles. The van der Waals surface area contributed by atoms with Gasteiger partial charge >= 0.3 is 0 Å². The minimum atomic E-state index is -1.70. The Labute approximate surface area is 50.4 Å². The zero-order chi connectivity index (χ0) is 6.62. The average molecular weight is 124 g/mol. The fourth-order valence-corrected chi connectivity index (χ4v) is 0.567. The molecule has 0 aliphatic rings. The molecule has 0 bridgehead atoms. The van der Waals surface area contributed by atoms with E-state index in [2.05, 4.69) is 5.54 Å². The fraction of sp³-hybridized carbons (Fsp3) is 0.333. The summed E-state index contributed by atoms with van der Waals surface area (Å²) in [6.07, 6.45) is 5.09. The van der Waals surface area contributed by atoms with Crippen LogP contribution in [0, 0.1) is 12.0 Å². The van der Waals surface area contributed by atoms with Gasteiger partial charge in [0.25, 0.3) is 0 Å². The van der Waals surface area contributed by atoms with Crippen molar-refractivity contribution < 1.29 is 4.79 Å². The Morgan fingerprint density at radius 3 is 2.25 bits per heavy atom. The molecule has 0 N–H and O–H groups in total. The molecule has 0 aliphatic carbocycles. The SMILES string of the molecule is C#C[Si](C)(C)C=C=O. The lowest BCUT2D eigenvalue weighted by Gasteiger charge is -2.01. The maximum absolute atomic E-state index is 9.74. The molecule has 0 rings (SSSR count). The van der Waals surface area contributed by atoms with Crippen LogP contribution < -0.4 is 0 Å². The van der Waals surface area contributed by atoms with Crippen LogP contribution >= 0.6 is 0 Å². The summed E-state index contributed by atoms with van der Waals surface area (Å²) in [4.78, 5) is 9.74. The first kappa shape index (κ1) is 7.23. The van der Waals surface area contributed by atoms with Crippen molar-refractivity contribution in [2.45, 2.75) is 13.1 Å². The van der Waals surface area contributed by atoms with Crippen LogP contribution in [0.4, 0.5) is 0 Å². The van der Waals surface area contributed by atoms with Crippen LogP contribution in [-0.2, 0) is 4.79 Å². The Balaban J connectivity index is 4.19. The molecule has 42 valence electrons. The topological polar surface area (TPSA) is 17.1 Å². The highest BCUT2D eigenvalue weighted by Gasteiger charge is 2.12. The Kier molecular flexibility index (Phi) is 2.27. The second-order valence-electron chi connectivity index (χ2n) is 2.13. The van der Waals surface area contributed by atoms with Gasteiger partial charge in [0.05, 0.1) is 0 Å². The summed E-state index contributed by atoms with van der Waals surface area (Å²) in [5.74, 6) is 1.70. The second-order valence-corrected chi connectivity index (χ2v) is 6.15. The standard InChI is InChI=1S/C6H8OSi/c1-4-8(2,3)6-5-7/h1,6H,2-3H3. The summed E-state index contributed by atoms with van der Waals surface area (Å²) in [5, 5.41) is 0. The first-order valence-electron chi connectivity index (χ1n) is 2.32. The van der Waals surface area contributed by atoms with Gasteiger partial charge in [-0.2, -0.15) is 0 Å². The van der Waals surface area contributed by atoms with E-state index < -0.39 is 8.07 Å². The van der Waals surface area contributed by atoms with Gasteiger partial charge in [0.15, 0.2) is 8.07 Å². The Bertz CT molecular complexity index is 158. The average Bonchev–Trinajstić information content (AvgIpc) is 1.67.